The van der Waals surface area contributed by atoms with Crippen molar-refractivity contribution in [3.63, 3.8) is 0 Å². The fourth-order valence-electron chi connectivity index (χ4n) is 2.57. The Balaban J connectivity index is 0.00000420. The standard InChI is InChI=1S/C20H27ClN4O2S.HI/c1-3-22-20(23-12-16(26)17-10-11-18(21)28-17)24-13-19(27)25(4-2)14-15-8-6-5-7-9-15;/h5-11,16,26H,3-4,12-14H2,1-2H3,(H2,22,23,24);1H. The summed E-state index contributed by atoms with van der Waals surface area (Å²) in [6, 6.07) is 13.4. The first-order valence-corrected chi connectivity index (χ1v) is 10.5. The Kier molecular flexibility index (Phi) is 12.2. The summed E-state index contributed by atoms with van der Waals surface area (Å²) in [6.45, 7) is 6.05. The van der Waals surface area contributed by atoms with Crippen LogP contribution in [-0.4, -0.2) is 48.1 Å². The van der Waals surface area contributed by atoms with Gasteiger partial charge < -0.3 is 20.6 Å². The SMILES string of the molecule is CCNC(=NCC(=O)N(CC)Cc1ccccc1)NCC(O)c1ccc(Cl)s1.I. The van der Waals surface area contributed by atoms with E-state index in [4.69, 9.17) is 11.6 Å². The number of nitrogens with zero attached hydrogens (tertiary/aromatic N) is 2. The topological polar surface area (TPSA) is 77.0 Å². The third kappa shape index (κ3) is 8.90. The Bertz CT molecular complexity index is 773. The zero-order valence-corrected chi connectivity index (χ0v) is 20.5. The molecule has 6 nitrogen and oxygen atoms in total. The van der Waals surface area contributed by atoms with Crippen molar-refractivity contribution in [1.29, 1.82) is 0 Å². The maximum Gasteiger partial charge on any atom is 0.244 e. The molecule has 160 valence electrons. The lowest BCUT2D eigenvalue weighted by Crippen LogP contribution is -2.40. The lowest BCUT2D eigenvalue weighted by atomic mass is 10.2. The van der Waals surface area contributed by atoms with Gasteiger partial charge in [0.05, 0.1) is 4.34 Å². The number of likely N-dealkylation sites (N-methyl/N-ethyl adjacent to an activating group) is 1. The lowest BCUT2D eigenvalue weighted by Gasteiger charge is -2.20. The second-order valence-corrected chi connectivity index (χ2v) is 7.87. The van der Waals surface area contributed by atoms with E-state index in [1.165, 1.54) is 11.3 Å². The minimum absolute atomic E-state index is 0. The second kappa shape index (κ2) is 13.8. The van der Waals surface area contributed by atoms with E-state index < -0.39 is 6.10 Å². The summed E-state index contributed by atoms with van der Waals surface area (Å²) >= 11 is 7.25. The Morgan fingerprint density at radius 2 is 1.93 bits per heavy atom. The fraction of sp³-hybridized carbons (Fsp3) is 0.400. The Hall–Kier alpha value is -1.36. The third-order valence-electron chi connectivity index (χ3n) is 4.05. The molecule has 1 aromatic carbocycles. The van der Waals surface area contributed by atoms with Crippen molar-refractivity contribution in [2.45, 2.75) is 26.5 Å². The first-order chi connectivity index (χ1) is 13.5. The van der Waals surface area contributed by atoms with Crippen LogP contribution in [0.1, 0.15) is 30.4 Å². The van der Waals surface area contributed by atoms with Crippen LogP contribution in [0.3, 0.4) is 0 Å². The molecule has 0 bridgehead atoms. The molecule has 2 aromatic rings. The van der Waals surface area contributed by atoms with E-state index in [0.29, 0.717) is 29.9 Å². The third-order valence-corrected chi connectivity index (χ3v) is 5.38. The number of nitrogens with one attached hydrogen (secondary N) is 2. The zero-order valence-electron chi connectivity index (χ0n) is 16.6. The number of carbonyl (C=O) groups is 1. The largest absolute Gasteiger partial charge is 0.386 e. The van der Waals surface area contributed by atoms with E-state index in [0.717, 1.165) is 10.4 Å². The van der Waals surface area contributed by atoms with Gasteiger partial charge in [0.1, 0.15) is 12.6 Å². The van der Waals surface area contributed by atoms with E-state index in [1.54, 1.807) is 17.0 Å². The molecule has 1 heterocycles. The summed E-state index contributed by atoms with van der Waals surface area (Å²) in [5.74, 6) is 0.447. The first kappa shape index (κ1) is 25.7. The smallest absolute Gasteiger partial charge is 0.244 e. The van der Waals surface area contributed by atoms with Crippen molar-refractivity contribution >= 4 is 58.8 Å². The average molecular weight is 551 g/mol. The molecule has 29 heavy (non-hydrogen) atoms. The number of aliphatic imine (C=N–C) groups is 1. The van der Waals surface area contributed by atoms with Gasteiger partial charge in [0.15, 0.2) is 5.96 Å². The number of thiophene rings is 1. The predicted octanol–water partition coefficient (Wildman–Crippen LogP) is 3.66. The van der Waals surface area contributed by atoms with Gasteiger partial charge >= 0.3 is 0 Å². The molecule has 0 aliphatic carbocycles. The summed E-state index contributed by atoms with van der Waals surface area (Å²) in [7, 11) is 0. The molecule has 9 heteroatoms. The van der Waals surface area contributed by atoms with E-state index in [2.05, 4.69) is 15.6 Å². The maximum atomic E-state index is 12.6. The Morgan fingerprint density at radius 3 is 2.52 bits per heavy atom. The summed E-state index contributed by atoms with van der Waals surface area (Å²) in [6.07, 6.45) is -0.692. The van der Waals surface area contributed by atoms with Gasteiger partial charge in [0.2, 0.25) is 5.91 Å². The van der Waals surface area contributed by atoms with E-state index in [1.807, 2.05) is 44.2 Å². The van der Waals surface area contributed by atoms with Gasteiger partial charge in [-0.3, -0.25) is 4.79 Å². The molecule has 1 aromatic heterocycles. The highest BCUT2D eigenvalue weighted by atomic mass is 127. The molecular weight excluding hydrogens is 523 g/mol. The number of rotatable bonds is 9. The van der Waals surface area contributed by atoms with Crippen LogP contribution in [0.5, 0.6) is 0 Å². The molecule has 0 fully saturated rings. The molecule has 1 amide bonds. The van der Waals surface area contributed by atoms with Crippen molar-refractivity contribution in [3.05, 3.63) is 57.2 Å². The van der Waals surface area contributed by atoms with E-state index in [-0.39, 0.29) is 43.0 Å². The van der Waals surface area contributed by atoms with Crippen molar-refractivity contribution in [2.24, 2.45) is 4.99 Å². The van der Waals surface area contributed by atoms with Crippen LogP contribution in [0.4, 0.5) is 0 Å². The number of hydrogen-bond acceptors (Lipinski definition) is 4. The van der Waals surface area contributed by atoms with Gasteiger partial charge in [-0.1, -0.05) is 41.9 Å². The average Bonchev–Trinajstić information content (AvgIpc) is 3.15. The van der Waals surface area contributed by atoms with Crippen LogP contribution >= 0.6 is 46.9 Å². The number of halogens is 2. The highest BCUT2D eigenvalue weighted by Gasteiger charge is 2.13. The van der Waals surface area contributed by atoms with Crippen molar-refractivity contribution in [1.82, 2.24) is 15.5 Å². The molecule has 0 aliphatic heterocycles. The molecule has 0 spiro atoms. The first-order valence-electron chi connectivity index (χ1n) is 9.30. The minimum Gasteiger partial charge on any atom is -0.386 e. The van der Waals surface area contributed by atoms with Crippen LogP contribution in [0, 0.1) is 0 Å². The van der Waals surface area contributed by atoms with Crippen LogP contribution < -0.4 is 10.6 Å². The number of aliphatic hydroxyl groups is 1. The van der Waals surface area contributed by atoms with Gasteiger partial charge in [0, 0.05) is 31.1 Å². The zero-order chi connectivity index (χ0) is 20.4. The molecule has 2 rings (SSSR count). The predicted molar refractivity (Wildman–Crippen MR) is 131 cm³/mol. The van der Waals surface area contributed by atoms with Gasteiger partial charge in [-0.15, -0.1) is 35.3 Å². The number of amides is 1. The highest BCUT2D eigenvalue weighted by Crippen LogP contribution is 2.26. The number of benzene rings is 1. The van der Waals surface area contributed by atoms with Crippen molar-refractivity contribution < 1.29 is 9.90 Å². The quantitative estimate of drug-likeness (QED) is 0.253. The number of carbonyl (C=O) groups excluding carboxylic acids is 1. The van der Waals surface area contributed by atoms with Gasteiger partial charge in [0.25, 0.3) is 0 Å². The van der Waals surface area contributed by atoms with Crippen LogP contribution in [0.25, 0.3) is 0 Å². The summed E-state index contributed by atoms with van der Waals surface area (Å²) in [5, 5.41) is 16.4. The normalized spacial score (nSPS) is 12.1. The van der Waals surface area contributed by atoms with E-state index >= 15 is 0 Å². The Morgan fingerprint density at radius 1 is 1.21 bits per heavy atom. The van der Waals surface area contributed by atoms with E-state index in [9.17, 15) is 9.90 Å². The molecule has 0 radical (unpaired) electrons. The van der Waals surface area contributed by atoms with Crippen LogP contribution in [0.15, 0.2) is 47.5 Å². The summed E-state index contributed by atoms with van der Waals surface area (Å²) in [4.78, 5) is 19.5. The van der Waals surface area contributed by atoms with Gasteiger partial charge in [-0.25, -0.2) is 4.99 Å². The molecule has 1 unspecified atom stereocenters. The van der Waals surface area contributed by atoms with Gasteiger partial charge in [-0.2, -0.15) is 0 Å². The minimum atomic E-state index is -0.692. The van der Waals surface area contributed by atoms with Gasteiger partial charge in [-0.05, 0) is 31.5 Å². The fourth-order valence-corrected chi connectivity index (χ4v) is 3.62. The van der Waals surface area contributed by atoms with Crippen molar-refractivity contribution in [2.75, 3.05) is 26.2 Å². The molecular formula is C20H28ClIN4O2S. The lowest BCUT2D eigenvalue weighted by molar-refractivity contribution is -0.130. The van der Waals surface area contributed by atoms with Crippen molar-refractivity contribution in [3.8, 4) is 0 Å². The summed E-state index contributed by atoms with van der Waals surface area (Å²) < 4.78 is 0.637. The Labute approximate surface area is 198 Å². The molecule has 0 saturated carbocycles. The number of aliphatic hydroxyl groups excluding tert-OH is 1. The molecule has 3 N–H and O–H groups in total. The summed E-state index contributed by atoms with van der Waals surface area (Å²) in [5.41, 5.74) is 1.09. The second-order valence-electron chi connectivity index (χ2n) is 6.13. The maximum absolute atomic E-state index is 12.6. The number of guanidine groups is 1. The monoisotopic (exact) mass is 550 g/mol. The molecule has 0 saturated heterocycles. The highest BCUT2D eigenvalue weighted by molar-refractivity contribution is 14.0. The van der Waals surface area contributed by atoms with Crippen LogP contribution in [0.2, 0.25) is 4.34 Å². The number of hydrogen-bond donors (Lipinski definition) is 3. The molecule has 0 aliphatic rings. The molecule has 1 atom stereocenters. The van der Waals surface area contributed by atoms with Crippen LogP contribution in [-0.2, 0) is 11.3 Å².